The average Bonchev–Trinajstić information content (AvgIpc) is 3.46. The molecular weight excluding hydrogens is 478 g/mol. The number of rotatable bonds is 9. The molecule has 3 aromatic rings. The monoisotopic (exact) mass is 511 g/mol. The lowest BCUT2D eigenvalue weighted by molar-refractivity contribution is -0.113. The molecule has 2 aliphatic rings. The molecule has 0 radical (unpaired) electrons. The summed E-state index contributed by atoms with van der Waals surface area (Å²) >= 11 is 2.97. The third-order valence-corrected chi connectivity index (χ3v) is 9.29. The van der Waals surface area contributed by atoms with Gasteiger partial charge in [0.05, 0.1) is 11.1 Å². The van der Waals surface area contributed by atoms with Crippen LogP contribution < -0.4 is 10.9 Å². The van der Waals surface area contributed by atoms with Crippen LogP contribution in [0.3, 0.4) is 0 Å². The van der Waals surface area contributed by atoms with Crippen molar-refractivity contribution in [3.63, 3.8) is 0 Å². The van der Waals surface area contributed by atoms with E-state index in [4.69, 9.17) is 9.72 Å². The minimum Gasteiger partial charge on any atom is -0.385 e. The van der Waals surface area contributed by atoms with E-state index in [1.54, 1.807) is 23.0 Å². The van der Waals surface area contributed by atoms with Crippen molar-refractivity contribution in [2.75, 3.05) is 24.8 Å². The molecule has 1 amide bonds. The number of fused-ring (bicyclic) bond motifs is 3. The quantitative estimate of drug-likeness (QED) is 0.225. The Kier molecular flexibility index (Phi) is 7.90. The summed E-state index contributed by atoms with van der Waals surface area (Å²) in [4.78, 5) is 33.1. The predicted molar refractivity (Wildman–Crippen MR) is 144 cm³/mol. The molecule has 1 aromatic carbocycles. The lowest BCUT2D eigenvalue weighted by atomic mass is 9.84. The van der Waals surface area contributed by atoms with Crippen LogP contribution in [0.4, 0.5) is 5.69 Å². The summed E-state index contributed by atoms with van der Waals surface area (Å²) in [6.07, 6.45) is 10.3. The fourth-order valence-electron chi connectivity index (χ4n) is 5.33. The predicted octanol–water partition coefficient (Wildman–Crippen LogP) is 5.76. The molecule has 0 aliphatic heterocycles. The van der Waals surface area contributed by atoms with Crippen LogP contribution in [-0.4, -0.2) is 34.9 Å². The zero-order valence-electron chi connectivity index (χ0n) is 20.3. The third kappa shape index (κ3) is 5.49. The highest BCUT2D eigenvalue weighted by atomic mass is 32.2. The lowest BCUT2D eigenvalue weighted by Crippen LogP contribution is -2.25. The van der Waals surface area contributed by atoms with Crippen LogP contribution in [0.5, 0.6) is 0 Å². The van der Waals surface area contributed by atoms with Gasteiger partial charge in [0.15, 0.2) is 5.16 Å². The van der Waals surface area contributed by atoms with Crippen LogP contribution in [0, 0.1) is 0 Å². The molecule has 0 bridgehead atoms. The van der Waals surface area contributed by atoms with Gasteiger partial charge in [-0.25, -0.2) is 4.98 Å². The Balaban J connectivity index is 1.28. The molecular formula is C27H33N3O3S2. The Morgan fingerprint density at radius 2 is 1.97 bits per heavy atom. The number of nitrogens with one attached hydrogen (secondary N) is 1. The molecule has 6 nitrogen and oxygen atoms in total. The summed E-state index contributed by atoms with van der Waals surface area (Å²) in [6.45, 7) is 1.11. The van der Waals surface area contributed by atoms with Gasteiger partial charge in [0.1, 0.15) is 4.83 Å². The van der Waals surface area contributed by atoms with E-state index in [2.05, 4.69) is 17.4 Å². The molecule has 0 spiro atoms. The van der Waals surface area contributed by atoms with E-state index in [0.29, 0.717) is 24.2 Å². The van der Waals surface area contributed by atoms with Gasteiger partial charge < -0.3 is 10.1 Å². The number of thioether (sulfide) groups is 1. The molecule has 2 aromatic heterocycles. The first kappa shape index (κ1) is 24.5. The van der Waals surface area contributed by atoms with Crippen molar-refractivity contribution in [3.8, 4) is 0 Å². The number of anilines is 1. The van der Waals surface area contributed by atoms with Crippen molar-refractivity contribution in [1.82, 2.24) is 9.55 Å². The van der Waals surface area contributed by atoms with E-state index in [1.807, 2.05) is 12.1 Å². The molecule has 1 N–H and O–H groups in total. The second-order valence-corrected chi connectivity index (χ2v) is 11.6. The number of benzene rings is 1. The van der Waals surface area contributed by atoms with Gasteiger partial charge in [0.2, 0.25) is 5.91 Å². The molecule has 0 unspecified atom stereocenters. The maximum Gasteiger partial charge on any atom is 0.263 e. The van der Waals surface area contributed by atoms with Gasteiger partial charge in [0, 0.05) is 30.8 Å². The number of hydrogen-bond acceptors (Lipinski definition) is 6. The van der Waals surface area contributed by atoms with Gasteiger partial charge in [-0.3, -0.25) is 14.2 Å². The molecule has 35 heavy (non-hydrogen) atoms. The number of carbonyl (C=O) groups is 1. The third-order valence-electron chi connectivity index (χ3n) is 7.12. The smallest absolute Gasteiger partial charge is 0.263 e. The molecule has 2 heterocycles. The average molecular weight is 512 g/mol. The highest BCUT2D eigenvalue weighted by molar-refractivity contribution is 7.99. The molecule has 0 saturated heterocycles. The van der Waals surface area contributed by atoms with E-state index in [9.17, 15) is 9.59 Å². The standard InChI is InChI=1S/C27H33N3O3S2/c1-33-16-6-15-30-26(32)24-21-9-5-10-22(21)35-25(24)29-27(30)34-17-23(31)28-20-13-11-19(12-14-20)18-7-3-2-4-8-18/h11-14,18H,2-10,15-17H2,1H3,(H,28,31). The zero-order chi connectivity index (χ0) is 24.2. The SMILES string of the molecule is COCCCn1c(SCC(=O)Nc2ccc(C3CCCCC3)cc2)nc2sc3c(c2c1=O)CCC3. The highest BCUT2D eigenvalue weighted by Gasteiger charge is 2.23. The molecule has 2 aliphatic carbocycles. The fraction of sp³-hybridized carbons (Fsp3) is 0.519. The Bertz CT molecular complexity index is 1240. The fourth-order valence-corrected chi connectivity index (χ4v) is 7.46. The Morgan fingerprint density at radius 1 is 1.17 bits per heavy atom. The summed E-state index contributed by atoms with van der Waals surface area (Å²) in [7, 11) is 1.66. The highest BCUT2D eigenvalue weighted by Crippen LogP contribution is 2.36. The maximum atomic E-state index is 13.4. The minimum atomic E-state index is -0.0909. The van der Waals surface area contributed by atoms with Crippen molar-refractivity contribution in [2.24, 2.45) is 0 Å². The summed E-state index contributed by atoms with van der Waals surface area (Å²) in [5.41, 5.74) is 3.39. The summed E-state index contributed by atoms with van der Waals surface area (Å²) in [5, 5.41) is 4.40. The number of carbonyl (C=O) groups excluding carboxylic acids is 1. The van der Waals surface area contributed by atoms with Gasteiger partial charge in [0.25, 0.3) is 5.56 Å². The molecule has 186 valence electrons. The topological polar surface area (TPSA) is 73.2 Å². The van der Waals surface area contributed by atoms with Gasteiger partial charge in [-0.1, -0.05) is 43.2 Å². The van der Waals surface area contributed by atoms with E-state index >= 15 is 0 Å². The molecule has 5 rings (SSSR count). The number of thiophene rings is 1. The van der Waals surface area contributed by atoms with Crippen molar-refractivity contribution in [3.05, 3.63) is 50.6 Å². The summed E-state index contributed by atoms with van der Waals surface area (Å²) < 4.78 is 6.94. The van der Waals surface area contributed by atoms with Crippen LogP contribution in [0.15, 0.2) is 34.2 Å². The first-order chi connectivity index (χ1) is 17.1. The Hall–Kier alpha value is -2.16. The number of aryl methyl sites for hydroxylation is 2. The van der Waals surface area contributed by atoms with Crippen LogP contribution in [0.25, 0.3) is 10.2 Å². The van der Waals surface area contributed by atoms with E-state index in [1.165, 1.54) is 59.9 Å². The summed E-state index contributed by atoms with van der Waals surface area (Å²) in [5.74, 6) is 0.767. The first-order valence-corrected chi connectivity index (χ1v) is 14.5. The number of ether oxygens (including phenoxy) is 1. The minimum absolute atomic E-state index is 0.0201. The lowest BCUT2D eigenvalue weighted by Gasteiger charge is -2.22. The van der Waals surface area contributed by atoms with Crippen molar-refractivity contribution in [2.45, 2.75) is 75.4 Å². The second kappa shape index (κ2) is 11.3. The maximum absolute atomic E-state index is 13.4. The Labute approximate surface area is 214 Å². The van der Waals surface area contributed by atoms with Gasteiger partial charge in [-0.05, 0) is 67.7 Å². The van der Waals surface area contributed by atoms with Crippen molar-refractivity contribution >= 4 is 44.9 Å². The first-order valence-electron chi connectivity index (χ1n) is 12.7. The van der Waals surface area contributed by atoms with Gasteiger partial charge in [-0.2, -0.15) is 0 Å². The van der Waals surface area contributed by atoms with Crippen LogP contribution in [0.1, 0.15) is 66.9 Å². The van der Waals surface area contributed by atoms with E-state index < -0.39 is 0 Å². The van der Waals surface area contributed by atoms with Crippen molar-refractivity contribution < 1.29 is 9.53 Å². The number of amides is 1. The van der Waals surface area contributed by atoms with E-state index in [0.717, 1.165) is 41.6 Å². The Morgan fingerprint density at radius 3 is 2.74 bits per heavy atom. The largest absolute Gasteiger partial charge is 0.385 e. The number of methoxy groups -OCH3 is 1. The molecule has 0 atom stereocenters. The number of nitrogens with zero attached hydrogens (tertiary/aromatic N) is 2. The van der Waals surface area contributed by atoms with Crippen LogP contribution in [-0.2, 0) is 28.9 Å². The number of hydrogen-bond donors (Lipinski definition) is 1. The van der Waals surface area contributed by atoms with Crippen molar-refractivity contribution in [1.29, 1.82) is 0 Å². The second-order valence-electron chi connectivity index (χ2n) is 9.53. The molecule has 1 fully saturated rings. The van der Waals surface area contributed by atoms with Gasteiger partial charge >= 0.3 is 0 Å². The summed E-state index contributed by atoms with van der Waals surface area (Å²) in [6, 6.07) is 8.31. The zero-order valence-corrected chi connectivity index (χ0v) is 21.9. The molecule has 1 saturated carbocycles. The van der Waals surface area contributed by atoms with Crippen LogP contribution >= 0.6 is 23.1 Å². The normalized spacial score (nSPS) is 16.0. The molecule has 8 heteroatoms. The van der Waals surface area contributed by atoms with Crippen LogP contribution in [0.2, 0.25) is 0 Å². The van der Waals surface area contributed by atoms with E-state index in [-0.39, 0.29) is 17.2 Å². The van der Waals surface area contributed by atoms with Gasteiger partial charge in [-0.15, -0.1) is 11.3 Å². The number of aromatic nitrogens is 2.